The Balaban J connectivity index is 2.70. The van der Waals surface area contributed by atoms with Crippen molar-refractivity contribution in [2.45, 2.75) is 52.8 Å². The molecule has 1 heterocycles. The second-order valence-corrected chi connectivity index (χ2v) is 8.16. The van der Waals surface area contributed by atoms with Gasteiger partial charge in [0.2, 0.25) is 5.91 Å². The van der Waals surface area contributed by atoms with Crippen molar-refractivity contribution in [3.05, 3.63) is 50.4 Å². The third-order valence-electron chi connectivity index (χ3n) is 3.90. The van der Waals surface area contributed by atoms with Crippen LogP contribution in [-0.4, -0.2) is 38.0 Å². The van der Waals surface area contributed by atoms with Gasteiger partial charge in [0.25, 0.3) is 11.2 Å². The van der Waals surface area contributed by atoms with Gasteiger partial charge in [0.15, 0.2) is 5.82 Å². The average molecular weight is 431 g/mol. The van der Waals surface area contributed by atoms with Crippen molar-refractivity contribution in [3.8, 4) is 11.3 Å². The maximum Gasteiger partial charge on any atom is 0.326 e. The van der Waals surface area contributed by atoms with E-state index < -0.39 is 40.2 Å². The molecule has 31 heavy (non-hydrogen) atoms. The fourth-order valence-electron chi connectivity index (χ4n) is 2.76. The number of nitrogens with two attached hydrogens (primary N) is 1. The van der Waals surface area contributed by atoms with Crippen LogP contribution in [0.4, 0.5) is 11.5 Å². The number of rotatable bonds is 7. The van der Waals surface area contributed by atoms with Gasteiger partial charge in [-0.3, -0.25) is 29.1 Å². The van der Waals surface area contributed by atoms with Crippen LogP contribution < -0.4 is 16.6 Å². The van der Waals surface area contributed by atoms with Gasteiger partial charge in [-0.05, 0) is 40.7 Å². The molecular formula is C20H25N5O6. The summed E-state index contributed by atoms with van der Waals surface area (Å²) in [5, 5.41) is 14.2. The van der Waals surface area contributed by atoms with Crippen LogP contribution in [0.2, 0.25) is 0 Å². The summed E-state index contributed by atoms with van der Waals surface area (Å²) in [6.45, 7) is 8.22. The van der Waals surface area contributed by atoms with Crippen molar-refractivity contribution in [1.82, 2.24) is 9.55 Å². The van der Waals surface area contributed by atoms with Gasteiger partial charge in [0, 0.05) is 29.3 Å². The minimum Gasteiger partial charge on any atom is -0.459 e. The summed E-state index contributed by atoms with van der Waals surface area (Å²) >= 11 is 0. The molecule has 0 aliphatic heterocycles. The van der Waals surface area contributed by atoms with E-state index in [1.807, 2.05) is 13.8 Å². The molecule has 11 nitrogen and oxygen atoms in total. The van der Waals surface area contributed by atoms with Crippen LogP contribution in [0, 0.1) is 10.1 Å². The number of carbonyl (C=O) groups excluding carboxylic acids is 2. The second kappa shape index (κ2) is 8.94. The van der Waals surface area contributed by atoms with Crippen LogP contribution in [0.1, 0.15) is 45.0 Å². The predicted octanol–water partition coefficient (Wildman–Crippen LogP) is 2.08. The molecule has 0 radical (unpaired) electrons. The van der Waals surface area contributed by atoms with Gasteiger partial charge in [-0.1, -0.05) is 0 Å². The number of carbonyl (C=O) groups is 2. The quantitative estimate of drug-likeness (QED) is 0.383. The van der Waals surface area contributed by atoms with E-state index in [4.69, 9.17) is 10.5 Å². The van der Waals surface area contributed by atoms with E-state index in [9.17, 15) is 24.5 Å². The van der Waals surface area contributed by atoms with Crippen LogP contribution in [-0.2, 0) is 16.1 Å². The topological polar surface area (TPSA) is 159 Å². The van der Waals surface area contributed by atoms with Crippen LogP contribution >= 0.6 is 0 Å². The Kier molecular flexibility index (Phi) is 6.78. The number of benzene rings is 1. The number of nitro benzene ring substituents is 1. The number of nitro groups is 1. The lowest BCUT2D eigenvalue weighted by Gasteiger charge is -2.21. The van der Waals surface area contributed by atoms with Crippen molar-refractivity contribution < 1.29 is 19.2 Å². The Morgan fingerprint density at radius 2 is 1.94 bits per heavy atom. The van der Waals surface area contributed by atoms with Gasteiger partial charge >= 0.3 is 5.97 Å². The van der Waals surface area contributed by atoms with E-state index in [0.717, 1.165) is 10.6 Å². The second-order valence-electron chi connectivity index (χ2n) is 8.16. The molecule has 0 spiro atoms. The van der Waals surface area contributed by atoms with Crippen molar-refractivity contribution in [3.63, 3.8) is 0 Å². The fourth-order valence-corrected chi connectivity index (χ4v) is 2.76. The standard InChI is InChI=1S/C20H25N5O6/c1-11(2)23-18-19(28)24(10-16(26)31-20(3,4)5)15(9-22-18)12-6-13(17(21)27)8-14(7-12)25(29)30/h6-9,11H,10H2,1-5H3,(H2,21,27)(H,22,23). The van der Waals surface area contributed by atoms with Crippen molar-refractivity contribution >= 4 is 23.4 Å². The van der Waals surface area contributed by atoms with Gasteiger partial charge < -0.3 is 15.8 Å². The Labute approximate surface area is 178 Å². The molecule has 1 aromatic carbocycles. The normalized spacial score (nSPS) is 11.3. The number of anilines is 1. The molecule has 0 aliphatic carbocycles. The molecule has 0 aliphatic rings. The molecular weight excluding hydrogens is 406 g/mol. The Hall–Kier alpha value is -3.76. The number of nitrogens with zero attached hydrogens (tertiary/aromatic N) is 3. The first-order valence-corrected chi connectivity index (χ1v) is 9.46. The van der Waals surface area contributed by atoms with Gasteiger partial charge in [-0.25, -0.2) is 4.98 Å². The van der Waals surface area contributed by atoms with Crippen LogP contribution in [0.3, 0.4) is 0 Å². The number of ether oxygens (including phenoxy) is 1. The first-order chi connectivity index (χ1) is 14.3. The Bertz CT molecular complexity index is 1050. The lowest BCUT2D eigenvalue weighted by atomic mass is 10.1. The first kappa shape index (κ1) is 23.5. The molecule has 0 saturated heterocycles. The zero-order valence-corrected chi connectivity index (χ0v) is 18.0. The molecule has 166 valence electrons. The SMILES string of the molecule is CC(C)Nc1ncc(-c2cc(C(N)=O)cc([N+](=O)[O-])c2)n(CC(=O)OC(C)(C)C)c1=O. The van der Waals surface area contributed by atoms with E-state index in [-0.39, 0.29) is 28.7 Å². The van der Waals surface area contributed by atoms with E-state index in [2.05, 4.69) is 10.3 Å². The zero-order valence-electron chi connectivity index (χ0n) is 18.0. The van der Waals surface area contributed by atoms with Crippen LogP contribution in [0.15, 0.2) is 29.2 Å². The van der Waals surface area contributed by atoms with Gasteiger partial charge in [-0.2, -0.15) is 0 Å². The van der Waals surface area contributed by atoms with Crippen LogP contribution in [0.25, 0.3) is 11.3 Å². The predicted molar refractivity (Wildman–Crippen MR) is 114 cm³/mol. The smallest absolute Gasteiger partial charge is 0.326 e. The number of hydrogen-bond donors (Lipinski definition) is 2. The molecule has 1 amide bonds. The minimum absolute atomic E-state index is 0.00265. The number of hydrogen-bond acceptors (Lipinski definition) is 8. The number of non-ortho nitro benzene ring substituents is 1. The van der Waals surface area contributed by atoms with Crippen LogP contribution in [0.5, 0.6) is 0 Å². The number of esters is 1. The highest BCUT2D eigenvalue weighted by atomic mass is 16.6. The molecule has 1 aromatic heterocycles. The van der Waals surface area contributed by atoms with Crippen molar-refractivity contribution in [2.24, 2.45) is 5.73 Å². The summed E-state index contributed by atoms with van der Waals surface area (Å²) in [4.78, 5) is 51.9. The first-order valence-electron chi connectivity index (χ1n) is 9.46. The molecule has 2 aromatic rings. The maximum atomic E-state index is 13.0. The van der Waals surface area contributed by atoms with Gasteiger partial charge in [0.1, 0.15) is 12.1 Å². The molecule has 2 rings (SSSR count). The van der Waals surface area contributed by atoms with E-state index in [1.165, 1.54) is 18.3 Å². The molecule has 0 unspecified atom stereocenters. The van der Waals surface area contributed by atoms with Gasteiger partial charge in [-0.15, -0.1) is 0 Å². The van der Waals surface area contributed by atoms with E-state index in [1.54, 1.807) is 20.8 Å². The van der Waals surface area contributed by atoms with Crippen molar-refractivity contribution in [2.75, 3.05) is 5.32 Å². The number of aromatic nitrogens is 2. The molecule has 0 fully saturated rings. The molecule has 0 bridgehead atoms. The third kappa shape index (κ3) is 6.11. The molecule has 3 N–H and O–H groups in total. The maximum absolute atomic E-state index is 13.0. The van der Waals surface area contributed by atoms with Crippen molar-refractivity contribution in [1.29, 1.82) is 0 Å². The number of amides is 1. The lowest BCUT2D eigenvalue weighted by Crippen LogP contribution is -2.33. The van der Waals surface area contributed by atoms with E-state index >= 15 is 0 Å². The Morgan fingerprint density at radius 1 is 1.29 bits per heavy atom. The molecule has 0 saturated carbocycles. The summed E-state index contributed by atoms with van der Waals surface area (Å²) in [6, 6.07) is 3.39. The van der Waals surface area contributed by atoms with E-state index in [0.29, 0.717) is 0 Å². The summed E-state index contributed by atoms with van der Waals surface area (Å²) in [7, 11) is 0. The fraction of sp³-hybridized carbons (Fsp3) is 0.400. The highest BCUT2D eigenvalue weighted by Gasteiger charge is 2.22. The summed E-state index contributed by atoms with van der Waals surface area (Å²) < 4.78 is 6.40. The number of primary amides is 1. The molecule has 11 heteroatoms. The number of nitrogens with one attached hydrogen (secondary N) is 1. The monoisotopic (exact) mass is 431 g/mol. The van der Waals surface area contributed by atoms with Gasteiger partial charge in [0.05, 0.1) is 16.8 Å². The molecule has 0 atom stereocenters. The third-order valence-corrected chi connectivity index (χ3v) is 3.90. The summed E-state index contributed by atoms with van der Waals surface area (Å²) in [5.74, 6) is -1.56. The average Bonchev–Trinajstić information content (AvgIpc) is 2.62. The highest BCUT2D eigenvalue weighted by molar-refractivity contribution is 5.95. The minimum atomic E-state index is -0.878. The largest absolute Gasteiger partial charge is 0.459 e. The lowest BCUT2D eigenvalue weighted by molar-refractivity contribution is -0.384. The summed E-state index contributed by atoms with van der Waals surface area (Å²) in [5.41, 5.74) is 3.60. The highest BCUT2D eigenvalue weighted by Crippen LogP contribution is 2.26. The zero-order chi connectivity index (χ0) is 23.5. The Morgan fingerprint density at radius 3 is 2.45 bits per heavy atom. The summed E-state index contributed by atoms with van der Waals surface area (Å²) in [6.07, 6.45) is 1.29.